The molecule has 1 aromatic carbocycles. The van der Waals surface area contributed by atoms with Gasteiger partial charge in [-0.25, -0.2) is 0 Å². The Hall–Kier alpha value is -1.95. The fraction of sp³-hybridized carbons (Fsp3) is 0.357. The van der Waals surface area contributed by atoms with Crippen molar-refractivity contribution < 1.29 is 4.79 Å². The van der Waals surface area contributed by atoms with Gasteiger partial charge in [-0.2, -0.15) is 5.10 Å². The lowest BCUT2D eigenvalue weighted by Crippen LogP contribution is -2.37. The highest BCUT2D eigenvalue weighted by molar-refractivity contribution is 7.80. The Morgan fingerprint density at radius 1 is 1.50 bits per heavy atom. The minimum absolute atomic E-state index is 0.0548. The van der Waals surface area contributed by atoms with Crippen molar-refractivity contribution in [2.45, 2.75) is 25.8 Å². The maximum absolute atomic E-state index is 12.4. The molecular formula is C14H18N4OS. The summed E-state index contributed by atoms with van der Waals surface area (Å²) in [5.41, 5.74) is 6.90. The molecule has 1 unspecified atom stereocenters. The zero-order chi connectivity index (χ0) is 14.7. The predicted octanol–water partition coefficient (Wildman–Crippen LogP) is 1.76. The van der Waals surface area contributed by atoms with Crippen LogP contribution in [0.15, 0.2) is 24.3 Å². The van der Waals surface area contributed by atoms with E-state index in [9.17, 15) is 4.79 Å². The summed E-state index contributed by atoms with van der Waals surface area (Å²) in [7, 11) is 1.82. The summed E-state index contributed by atoms with van der Waals surface area (Å²) >= 11 is 4.90. The molecule has 3 N–H and O–H groups in total. The highest BCUT2D eigenvalue weighted by Crippen LogP contribution is 2.17. The van der Waals surface area contributed by atoms with Gasteiger partial charge in [0.15, 0.2) is 5.69 Å². The smallest absolute Gasteiger partial charge is 0.272 e. The number of benzene rings is 1. The first-order valence-corrected chi connectivity index (χ1v) is 6.94. The second kappa shape index (κ2) is 6.00. The van der Waals surface area contributed by atoms with Crippen molar-refractivity contribution in [1.82, 2.24) is 15.1 Å². The van der Waals surface area contributed by atoms with Crippen LogP contribution in [0.3, 0.4) is 0 Å². The van der Waals surface area contributed by atoms with Crippen LogP contribution in [0, 0.1) is 0 Å². The van der Waals surface area contributed by atoms with E-state index in [2.05, 4.69) is 10.4 Å². The minimum atomic E-state index is -0.190. The Bertz CT molecular complexity index is 650. The van der Waals surface area contributed by atoms with Crippen LogP contribution < -0.4 is 11.1 Å². The second-order valence-corrected chi connectivity index (χ2v) is 5.26. The molecule has 1 amide bonds. The van der Waals surface area contributed by atoms with Gasteiger partial charge in [-0.05, 0) is 12.5 Å². The van der Waals surface area contributed by atoms with Gasteiger partial charge in [0, 0.05) is 24.9 Å². The number of hydrogen-bond acceptors (Lipinski definition) is 3. The molecule has 0 saturated carbocycles. The third-order valence-corrected chi connectivity index (χ3v) is 3.42. The summed E-state index contributed by atoms with van der Waals surface area (Å²) in [4.78, 5) is 12.8. The molecule has 1 atom stereocenters. The first-order valence-electron chi connectivity index (χ1n) is 6.53. The quantitative estimate of drug-likeness (QED) is 0.823. The number of carbonyl (C=O) groups is 1. The largest absolute Gasteiger partial charge is 0.393 e. The molecule has 0 fully saturated rings. The highest BCUT2D eigenvalue weighted by atomic mass is 32.1. The number of hydrogen-bond donors (Lipinski definition) is 2. The number of nitrogens with one attached hydrogen (secondary N) is 1. The SMILES string of the molecule is CCC(CC(N)=S)NC(=O)c1nn(C)c2ccccc12. The first kappa shape index (κ1) is 14.5. The summed E-state index contributed by atoms with van der Waals surface area (Å²) in [5, 5.41) is 8.08. The minimum Gasteiger partial charge on any atom is -0.393 e. The van der Waals surface area contributed by atoms with Gasteiger partial charge in [-0.1, -0.05) is 37.3 Å². The molecule has 0 bridgehead atoms. The zero-order valence-corrected chi connectivity index (χ0v) is 12.4. The number of carbonyl (C=O) groups excluding carboxylic acids is 1. The normalized spacial score (nSPS) is 12.3. The molecule has 0 aliphatic heterocycles. The van der Waals surface area contributed by atoms with E-state index in [-0.39, 0.29) is 11.9 Å². The molecular weight excluding hydrogens is 272 g/mol. The number of amides is 1. The zero-order valence-electron chi connectivity index (χ0n) is 11.6. The van der Waals surface area contributed by atoms with Crippen LogP contribution in [0.5, 0.6) is 0 Å². The standard InChI is InChI=1S/C14H18N4OS/c1-3-9(8-12(15)20)16-14(19)13-10-6-4-5-7-11(10)18(2)17-13/h4-7,9H,3,8H2,1-2H3,(H2,15,20)(H,16,19). The van der Waals surface area contributed by atoms with Gasteiger partial charge in [-0.15, -0.1) is 0 Å². The van der Waals surface area contributed by atoms with E-state index in [1.807, 2.05) is 38.2 Å². The third-order valence-electron chi connectivity index (χ3n) is 3.25. The van der Waals surface area contributed by atoms with Gasteiger partial charge in [0.05, 0.1) is 10.5 Å². The van der Waals surface area contributed by atoms with Crippen LogP contribution in [0.1, 0.15) is 30.3 Å². The Labute approximate surface area is 123 Å². The van der Waals surface area contributed by atoms with Gasteiger partial charge >= 0.3 is 0 Å². The van der Waals surface area contributed by atoms with Gasteiger partial charge < -0.3 is 11.1 Å². The second-order valence-electron chi connectivity index (χ2n) is 4.74. The first-order chi connectivity index (χ1) is 9.52. The molecule has 5 nitrogen and oxygen atoms in total. The topological polar surface area (TPSA) is 72.9 Å². The fourth-order valence-corrected chi connectivity index (χ4v) is 2.38. The number of nitrogens with zero attached hydrogens (tertiary/aromatic N) is 2. The molecule has 0 aliphatic rings. The van der Waals surface area contributed by atoms with E-state index in [4.69, 9.17) is 18.0 Å². The molecule has 2 rings (SSSR count). The summed E-state index contributed by atoms with van der Waals surface area (Å²) in [5.74, 6) is -0.190. The lowest BCUT2D eigenvalue weighted by atomic mass is 10.1. The van der Waals surface area contributed by atoms with Crippen LogP contribution in [0.25, 0.3) is 10.9 Å². The van der Waals surface area contributed by atoms with Gasteiger partial charge in [0.1, 0.15) is 0 Å². The van der Waals surface area contributed by atoms with Crippen LogP contribution in [-0.4, -0.2) is 26.7 Å². The third kappa shape index (κ3) is 2.96. The number of aromatic nitrogens is 2. The lowest BCUT2D eigenvalue weighted by Gasteiger charge is -2.15. The monoisotopic (exact) mass is 290 g/mol. The van der Waals surface area contributed by atoms with E-state index in [1.165, 1.54) is 0 Å². The van der Waals surface area contributed by atoms with Crippen molar-refractivity contribution in [2.75, 3.05) is 0 Å². The summed E-state index contributed by atoms with van der Waals surface area (Å²) in [6.07, 6.45) is 1.27. The van der Waals surface area contributed by atoms with Gasteiger partial charge in [0.2, 0.25) is 0 Å². The van der Waals surface area contributed by atoms with E-state index < -0.39 is 0 Å². The van der Waals surface area contributed by atoms with Gasteiger partial charge in [-0.3, -0.25) is 9.48 Å². The average molecular weight is 290 g/mol. The van der Waals surface area contributed by atoms with Crippen LogP contribution in [-0.2, 0) is 7.05 Å². The Morgan fingerprint density at radius 3 is 2.85 bits per heavy atom. The van der Waals surface area contributed by atoms with Crippen LogP contribution in [0.4, 0.5) is 0 Å². The number of aryl methyl sites for hydroxylation is 1. The average Bonchev–Trinajstić information content (AvgIpc) is 2.75. The molecule has 106 valence electrons. The molecule has 6 heteroatoms. The molecule has 0 saturated heterocycles. The Morgan fingerprint density at radius 2 is 2.20 bits per heavy atom. The van der Waals surface area contributed by atoms with Crippen molar-refractivity contribution in [1.29, 1.82) is 0 Å². The molecule has 0 radical (unpaired) electrons. The van der Waals surface area contributed by atoms with Gasteiger partial charge in [0.25, 0.3) is 5.91 Å². The Kier molecular flexibility index (Phi) is 4.34. The maximum Gasteiger partial charge on any atom is 0.272 e. The van der Waals surface area contributed by atoms with Crippen molar-refractivity contribution in [2.24, 2.45) is 12.8 Å². The summed E-state index contributed by atoms with van der Waals surface area (Å²) in [6, 6.07) is 7.60. The summed E-state index contributed by atoms with van der Waals surface area (Å²) < 4.78 is 1.71. The fourth-order valence-electron chi connectivity index (χ4n) is 2.18. The van der Waals surface area contributed by atoms with Crippen molar-refractivity contribution in [3.63, 3.8) is 0 Å². The van der Waals surface area contributed by atoms with Crippen molar-refractivity contribution in [3.8, 4) is 0 Å². The number of para-hydroxylation sites is 1. The number of nitrogens with two attached hydrogens (primary N) is 1. The number of fused-ring (bicyclic) bond motifs is 1. The Balaban J connectivity index is 2.25. The molecule has 0 spiro atoms. The highest BCUT2D eigenvalue weighted by Gasteiger charge is 2.18. The molecule has 1 aromatic heterocycles. The lowest BCUT2D eigenvalue weighted by molar-refractivity contribution is 0.0933. The summed E-state index contributed by atoms with van der Waals surface area (Å²) in [6.45, 7) is 1.99. The number of thiocarbonyl (C=S) groups is 1. The molecule has 0 aliphatic carbocycles. The molecule has 20 heavy (non-hydrogen) atoms. The van der Waals surface area contributed by atoms with Crippen LogP contribution in [0.2, 0.25) is 0 Å². The maximum atomic E-state index is 12.4. The van der Waals surface area contributed by atoms with E-state index in [1.54, 1.807) is 4.68 Å². The van der Waals surface area contributed by atoms with Crippen molar-refractivity contribution >= 4 is 34.0 Å². The number of rotatable bonds is 5. The van der Waals surface area contributed by atoms with E-state index in [0.29, 0.717) is 17.1 Å². The predicted molar refractivity (Wildman–Crippen MR) is 83.7 cm³/mol. The molecule has 1 heterocycles. The van der Waals surface area contributed by atoms with Crippen molar-refractivity contribution in [3.05, 3.63) is 30.0 Å². The van der Waals surface area contributed by atoms with E-state index in [0.717, 1.165) is 17.3 Å². The molecule has 2 aromatic rings. The van der Waals surface area contributed by atoms with E-state index >= 15 is 0 Å². The van der Waals surface area contributed by atoms with Crippen LogP contribution >= 0.6 is 12.2 Å².